The number of halogens is 1. The second kappa shape index (κ2) is 9.05. The second-order valence-electron chi connectivity index (χ2n) is 7.16. The lowest BCUT2D eigenvalue weighted by Gasteiger charge is -2.07. The zero-order chi connectivity index (χ0) is 21.0. The van der Waals surface area contributed by atoms with E-state index in [4.69, 9.17) is 11.6 Å². The van der Waals surface area contributed by atoms with Crippen LogP contribution in [0.2, 0.25) is 5.15 Å². The van der Waals surface area contributed by atoms with Crippen LogP contribution in [0.4, 0.5) is 5.69 Å². The Morgan fingerprint density at radius 2 is 2.00 bits per heavy atom. The van der Waals surface area contributed by atoms with Crippen molar-refractivity contribution in [3.63, 3.8) is 0 Å². The van der Waals surface area contributed by atoms with Crippen LogP contribution in [0.5, 0.6) is 0 Å². The summed E-state index contributed by atoms with van der Waals surface area (Å²) in [5.74, 6) is 0.649. The van der Waals surface area contributed by atoms with Crippen LogP contribution < -0.4 is 10.6 Å². The summed E-state index contributed by atoms with van der Waals surface area (Å²) in [7, 11) is 1.97. The van der Waals surface area contributed by atoms with Gasteiger partial charge in [-0.25, -0.2) is 9.97 Å². The minimum Gasteiger partial charge on any atom is -0.352 e. The van der Waals surface area contributed by atoms with Crippen molar-refractivity contribution >= 4 is 40.1 Å². The normalized spacial score (nSPS) is 11.1. The summed E-state index contributed by atoms with van der Waals surface area (Å²) in [4.78, 5) is 32.6. The van der Waals surface area contributed by atoms with Crippen LogP contribution in [0.15, 0.2) is 36.5 Å². The van der Waals surface area contributed by atoms with Gasteiger partial charge in [-0.05, 0) is 36.8 Å². The van der Waals surface area contributed by atoms with E-state index in [1.807, 2.05) is 43.7 Å². The number of nitrogens with zero attached hydrogens (tertiary/aromatic N) is 3. The van der Waals surface area contributed by atoms with Crippen molar-refractivity contribution < 1.29 is 9.59 Å². The van der Waals surface area contributed by atoms with E-state index in [0.29, 0.717) is 17.3 Å². The number of fused-ring (bicyclic) bond motifs is 1. The molecule has 0 fully saturated rings. The maximum absolute atomic E-state index is 12.1. The number of hydrogen-bond donors (Lipinski definition) is 2. The SMILES string of the molecule is CC(C)C(=O)Nc1ccc2c(c1)nc(CCCNC(=O)c1ccc(Cl)nc1)n2C. The summed E-state index contributed by atoms with van der Waals surface area (Å²) in [6, 6.07) is 8.96. The van der Waals surface area contributed by atoms with Crippen LogP contribution in [-0.4, -0.2) is 32.9 Å². The molecule has 3 rings (SSSR count). The van der Waals surface area contributed by atoms with E-state index >= 15 is 0 Å². The molecular weight excluding hydrogens is 390 g/mol. The van der Waals surface area contributed by atoms with Crippen LogP contribution in [0.25, 0.3) is 11.0 Å². The van der Waals surface area contributed by atoms with Crippen LogP contribution in [-0.2, 0) is 18.3 Å². The highest BCUT2D eigenvalue weighted by atomic mass is 35.5. The first-order valence-corrected chi connectivity index (χ1v) is 9.89. The van der Waals surface area contributed by atoms with Crippen LogP contribution in [0.3, 0.4) is 0 Å². The predicted molar refractivity (Wildman–Crippen MR) is 114 cm³/mol. The summed E-state index contributed by atoms with van der Waals surface area (Å²) in [5, 5.41) is 6.13. The third-order valence-electron chi connectivity index (χ3n) is 4.62. The highest BCUT2D eigenvalue weighted by Gasteiger charge is 2.11. The molecule has 3 aromatic rings. The van der Waals surface area contributed by atoms with Crippen molar-refractivity contribution in [2.75, 3.05) is 11.9 Å². The van der Waals surface area contributed by atoms with E-state index in [1.165, 1.54) is 6.20 Å². The zero-order valence-corrected chi connectivity index (χ0v) is 17.5. The molecular formula is C21H24ClN5O2. The highest BCUT2D eigenvalue weighted by molar-refractivity contribution is 6.29. The largest absolute Gasteiger partial charge is 0.352 e. The first-order valence-electron chi connectivity index (χ1n) is 9.51. The fourth-order valence-corrected chi connectivity index (χ4v) is 3.01. The van der Waals surface area contributed by atoms with E-state index in [-0.39, 0.29) is 17.7 Å². The van der Waals surface area contributed by atoms with Gasteiger partial charge in [-0.2, -0.15) is 0 Å². The quantitative estimate of drug-likeness (QED) is 0.457. The molecule has 2 heterocycles. The van der Waals surface area contributed by atoms with Gasteiger partial charge in [-0.15, -0.1) is 0 Å². The number of nitrogens with one attached hydrogen (secondary N) is 2. The Balaban J connectivity index is 1.58. The van der Waals surface area contributed by atoms with Gasteiger partial charge in [0.15, 0.2) is 0 Å². The lowest BCUT2D eigenvalue weighted by molar-refractivity contribution is -0.118. The van der Waals surface area contributed by atoms with E-state index in [1.54, 1.807) is 12.1 Å². The predicted octanol–water partition coefficient (Wildman–Crippen LogP) is 3.58. The van der Waals surface area contributed by atoms with Crippen molar-refractivity contribution in [2.24, 2.45) is 13.0 Å². The van der Waals surface area contributed by atoms with E-state index in [2.05, 4.69) is 20.6 Å². The molecule has 0 atom stereocenters. The third kappa shape index (κ3) is 5.12. The molecule has 2 N–H and O–H groups in total. The summed E-state index contributed by atoms with van der Waals surface area (Å²) >= 11 is 5.73. The van der Waals surface area contributed by atoms with E-state index in [9.17, 15) is 9.59 Å². The van der Waals surface area contributed by atoms with Crippen molar-refractivity contribution in [3.05, 3.63) is 53.1 Å². The fraction of sp³-hybridized carbons (Fsp3) is 0.333. The van der Waals surface area contributed by atoms with Crippen molar-refractivity contribution in [1.82, 2.24) is 19.9 Å². The van der Waals surface area contributed by atoms with Gasteiger partial charge in [0.2, 0.25) is 5.91 Å². The topological polar surface area (TPSA) is 88.9 Å². The van der Waals surface area contributed by atoms with Crippen molar-refractivity contribution in [1.29, 1.82) is 0 Å². The molecule has 0 spiro atoms. The molecule has 152 valence electrons. The average molecular weight is 414 g/mol. The Morgan fingerprint density at radius 3 is 2.69 bits per heavy atom. The smallest absolute Gasteiger partial charge is 0.252 e. The summed E-state index contributed by atoms with van der Waals surface area (Å²) in [6.45, 7) is 4.24. The van der Waals surface area contributed by atoms with E-state index < -0.39 is 0 Å². The van der Waals surface area contributed by atoms with Crippen LogP contribution in [0.1, 0.15) is 36.5 Å². The fourth-order valence-electron chi connectivity index (χ4n) is 2.90. The number of anilines is 1. The molecule has 0 saturated carbocycles. The molecule has 0 radical (unpaired) electrons. The Hall–Kier alpha value is -2.93. The highest BCUT2D eigenvalue weighted by Crippen LogP contribution is 2.21. The summed E-state index contributed by atoms with van der Waals surface area (Å²) in [5.41, 5.74) is 3.05. The van der Waals surface area contributed by atoms with Gasteiger partial charge < -0.3 is 15.2 Å². The Morgan fingerprint density at radius 1 is 1.21 bits per heavy atom. The molecule has 29 heavy (non-hydrogen) atoms. The van der Waals surface area contributed by atoms with Crippen LogP contribution in [0, 0.1) is 5.92 Å². The monoisotopic (exact) mass is 413 g/mol. The number of benzene rings is 1. The lowest BCUT2D eigenvalue weighted by atomic mass is 10.2. The van der Waals surface area contributed by atoms with Crippen molar-refractivity contribution in [2.45, 2.75) is 26.7 Å². The average Bonchev–Trinajstić information content (AvgIpc) is 3.00. The molecule has 0 aliphatic heterocycles. The van der Waals surface area contributed by atoms with Crippen molar-refractivity contribution in [3.8, 4) is 0 Å². The molecule has 0 aliphatic rings. The maximum Gasteiger partial charge on any atom is 0.252 e. The number of carbonyl (C=O) groups is 2. The Kier molecular flexibility index (Phi) is 6.49. The molecule has 1 aromatic carbocycles. The van der Waals surface area contributed by atoms with E-state index in [0.717, 1.165) is 35.4 Å². The van der Waals surface area contributed by atoms with Gasteiger partial charge in [-0.3, -0.25) is 9.59 Å². The lowest BCUT2D eigenvalue weighted by Crippen LogP contribution is -2.25. The molecule has 0 bridgehead atoms. The first kappa shape index (κ1) is 20.8. The van der Waals surface area contributed by atoms with Crippen LogP contribution >= 0.6 is 11.6 Å². The number of aromatic nitrogens is 3. The summed E-state index contributed by atoms with van der Waals surface area (Å²) in [6.07, 6.45) is 2.93. The van der Waals surface area contributed by atoms with Gasteiger partial charge in [0.1, 0.15) is 11.0 Å². The molecule has 8 heteroatoms. The zero-order valence-electron chi connectivity index (χ0n) is 16.7. The van der Waals surface area contributed by atoms with Gasteiger partial charge in [0.05, 0.1) is 16.6 Å². The number of imidazole rings is 1. The minimum atomic E-state index is -0.176. The third-order valence-corrected chi connectivity index (χ3v) is 4.84. The van der Waals surface area contributed by atoms with Gasteiger partial charge in [-0.1, -0.05) is 25.4 Å². The molecule has 2 amide bonds. The number of hydrogen-bond acceptors (Lipinski definition) is 4. The molecule has 0 unspecified atom stereocenters. The number of carbonyl (C=O) groups excluding carboxylic acids is 2. The standard InChI is InChI=1S/C21H24ClN5O2/c1-13(2)20(28)25-15-7-8-17-16(11-15)26-19(27(17)3)5-4-10-23-21(29)14-6-9-18(22)24-12-14/h6-9,11-13H,4-5,10H2,1-3H3,(H,23,29)(H,25,28). The minimum absolute atomic E-state index is 0.0212. The van der Waals surface area contributed by atoms with Gasteiger partial charge in [0, 0.05) is 37.8 Å². The number of amides is 2. The molecule has 0 aliphatic carbocycles. The molecule has 7 nitrogen and oxygen atoms in total. The Bertz CT molecular complexity index is 1030. The second-order valence-corrected chi connectivity index (χ2v) is 7.55. The first-order chi connectivity index (χ1) is 13.8. The van der Waals surface area contributed by atoms with Gasteiger partial charge in [0.25, 0.3) is 5.91 Å². The Labute approximate surface area is 174 Å². The number of pyridine rings is 1. The number of aryl methyl sites for hydroxylation is 2. The molecule has 2 aromatic heterocycles. The van der Waals surface area contributed by atoms with Gasteiger partial charge >= 0.3 is 0 Å². The summed E-state index contributed by atoms with van der Waals surface area (Å²) < 4.78 is 2.04. The molecule has 0 saturated heterocycles. The maximum atomic E-state index is 12.1. The number of rotatable bonds is 7.